The van der Waals surface area contributed by atoms with E-state index in [0.717, 1.165) is 4.90 Å². The number of hydrogen-bond donors (Lipinski definition) is 1. The van der Waals surface area contributed by atoms with Crippen molar-refractivity contribution in [2.24, 2.45) is 0 Å². The molecule has 1 N–H and O–H groups in total. The highest BCUT2D eigenvalue weighted by molar-refractivity contribution is 5.96. The van der Waals surface area contributed by atoms with Crippen LogP contribution < -0.4 is 0 Å². The topological polar surface area (TPSA) is 27.1 Å². The van der Waals surface area contributed by atoms with Crippen LogP contribution in [0.1, 0.15) is 5.56 Å². The second-order valence-electron chi connectivity index (χ2n) is 3.09. The average Bonchev–Trinajstić information content (AvgIpc) is 2.19. The van der Waals surface area contributed by atoms with E-state index in [2.05, 4.69) is 0 Å². The van der Waals surface area contributed by atoms with Gasteiger partial charge < -0.3 is 4.90 Å². The molecule has 0 bridgehead atoms. The Hall–Kier alpha value is -1.59. The molecule has 1 aromatic rings. The highest BCUT2D eigenvalue weighted by atomic mass is 19.2. The third-order valence-corrected chi connectivity index (χ3v) is 1.80. The zero-order valence-electron chi connectivity index (χ0n) is 8.04. The largest absolute Gasteiger partial charge is 0.363 e. The molecular weight excluding hydrogens is 212 g/mol. The molecule has 0 heterocycles. The Labute approximate surface area is 83.6 Å². The maximum atomic E-state index is 13.1. The smallest absolute Gasteiger partial charge is 0.198 e. The summed E-state index contributed by atoms with van der Waals surface area (Å²) in [5.74, 6) is -7.30. The van der Waals surface area contributed by atoms with Crippen molar-refractivity contribution >= 4 is 5.84 Å². The van der Waals surface area contributed by atoms with Crippen molar-refractivity contribution in [3.63, 3.8) is 0 Å². The monoisotopic (exact) mass is 220 g/mol. The van der Waals surface area contributed by atoms with Crippen molar-refractivity contribution < 1.29 is 17.6 Å². The number of benzene rings is 1. The van der Waals surface area contributed by atoms with E-state index in [1.165, 1.54) is 14.1 Å². The van der Waals surface area contributed by atoms with E-state index in [0.29, 0.717) is 6.07 Å². The lowest BCUT2D eigenvalue weighted by Gasteiger charge is -2.14. The van der Waals surface area contributed by atoms with Gasteiger partial charge in [-0.2, -0.15) is 0 Å². The van der Waals surface area contributed by atoms with Gasteiger partial charge in [0.05, 0.1) is 5.56 Å². The molecule has 1 aromatic carbocycles. The number of amidine groups is 1. The molecule has 0 aliphatic carbocycles. The lowest BCUT2D eigenvalue weighted by Crippen LogP contribution is -2.24. The molecule has 0 aliphatic heterocycles. The molecule has 0 fully saturated rings. The molecule has 1 rings (SSSR count). The van der Waals surface area contributed by atoms with Gasteiger partial charge in [0.1, 0.15) is 5.84 Å². The summed E-state index contributed by atoms with van der Waals surface area (Å²) in [6.07, 6.45) is 0. The Morgan fingerprint density at radius 1 is 1.07 bits per heavy atom. The molecule has 82 valence electrons. The van der Waals surface area contributed by atoms with E-state index in [9.17, 15) is 17.6 Å². The predicted octanol–water partition coefficient (Wildman–Crippen LogP) is 2.13. The first-order valence-corrected chi connectivity index (χ1v) is 3.95. The van der Waals surface area contributed by atoms with E-state index < -0.39 is 34.7 Å². The van der Waals surface area contributed by atoms with Crippen molar-refractivity contribution in [2.45, 2.75) is 0 Å². The molecule has 0 saturated carbocycles. The van der Waals surface area contributed by atoms with Crippen molar-refractivity contribution in [1.29, 1.82) is 5.41 Å². The number of halogens is 4. The first-order valence-electron chi connectivity index (χ1n) is 3.95. The maximum Gasteiger partial charge on any atom is 0.198 e. The molecule has 0 saturated heterocycles. The number of nitrogens with zero attached hydrogens (tertiary/aromatic N) is 1. The van der Waals surface area contributed by atoms with Crippen LogP contribution in [0.5, 0.6) is 0 Å². The van der Waals surface area contributed by atoms with Crippen LogP contribution in [0.3, 0.4) is 0 Å². The first-order chi connectivity index (χ1) is 6.86. The average molecular weight is 220 g/mol. The second kappa shape index (κ2) is 3.88. The molecule has 0 radical (unpaired) electrons. The summed E-state index contributed by atoms with van der Waals surface area (Å²) in [6.45, 7) is 0. The van der Waals surface area contributed by atoms with Gasteiger partial charge in [-0.25, -0.2) is 17.6 Å². The molecule has 0 atom stereocenters. The molecule has 0 unspecified atom stereocenters. The minimum absolute atomic E-state index is 0.440. The van der Waals surface area contributed by atoms with E-state index in [1.54, 1.807) is 0 Å². The lowest BCUT2D eigenvalue weighted by molar-refractivity contribution is 0.407. The molecule has 0 aliphatic rings. The lowest BCUT2D eigenvalue weighted by atomic mass is 10.1. The van der Waals surface area contributed by atoms with E-state index in [4.69, 9.17) is 5.41 Å². The van der Waals surface area contributed by atoms with Gasteiger partial charge in [-0.05, 0) is 6.07 Å². The molecule has 15 heavy (non-hydrogen) atoms. The highest BCUT2D eigenvalue weighted by Crippen LogP contribution is 2.19. The van der Waals surface area contributed by atoms with E-state index in [1.807, 2.05) is 0 Å². The van der Waals surface area contributed by atoms with Crippen molar-refractivity contribution in [3.05, 3.63) is 34.9 Å². The van der Waals surface area contributed by atoms with Crippen LogP contribution in [-0.4, -0.2) is 24.8 Å². The Balaban J connectivity index is 3.39. The summed E-state index contributed by atoms with van der Waals surface area (Å²) in [4.78, 5) is 1.15. The van der Waals surface area contributed by atoms with E-state index >= 15 is 0 Å². The number of hydrogen-bond acceptors (Lipinski definition) is 1. The molecular formula is C9H8F4N2. The van der Waals surface area contributed by atoms with Crippen molar-refractivity contribution in [2.75, 3.05) is 14.1 Å². The van der Waals surface area contributed by atoms with Gasteiger partial charge in [-0.15, -0.1) is 0 Å². The Morgan fingerprint density at radius 2 is 1.60 bits per heavy atom. The minimum atomic E-state index is -1.91. The SMILES string of the molecule is CN(C)C(=N)c1cc(F)c(F)c(F)c1F. The summed E-state index contributed by atoms with van der Waals surface area (Å²) in [5.41, 5.74) is -0.614. The van der Waals surface area contributed by atoms with Crippen LogP contribution in [-0.2, 0) is 0 Å². The summed E-state index contributed by atoms with van der Waals surface area (Å²) in [7, 11) is 2.81. The van der Waals surface area contributed by atoms with Gasteiger partial charge in [-0.3, -0.25) is 5.41 Å². The Morgan fingerprint density at radius 3 is 2.07 bits per heavy atom. The van der Waals surface area contributed by atoms with E-state index in [-0.39, 0.29) is 0 Å². The quantitative estimate of drug-likeness (QED) is 0.253. The Kier molecular flexibility index (Phi) is 2.97. The van der Waals surface area contributed by atoms with Gasteiger partial charge >= 0.3 is 0 Å². The molecule has 2 nitrogen and oxygen atoms in total. The summed E-state index contributed by atoms with van der Waals surface area (Å²) < 4.78 is 51.2. The van der Waals surface area contributed by atoms with Gasteiger partial charge in [0, 0.05) is 14.1 Å². The second-order valence-corrected chi connectivity index (χ2v) is 3.09. The maximum absolute atomic E-state index is 13.1. The van der Waals surface area contributed by atoms with Gasteiger partial charge in [-0.1, -0.05) is 0 Å². The zero-order valence-corrected chi connectivity index (χ0v) is 8.04. The molecule has 0 aromatic heterocycles. The third-order valence-electron chi connectivity index (χ3n) is 1.80. The zero-order chi connectivity index (χ0) is 11.7. The summed E-state index contributed by atoms with van der Waals surface area (Å²) in [5, 5.41) is 7.32. The molecule has 0 spiro atoms. The standard InChI is InChI=1S/C9H8F4N2/c1-15(2)9(14)4-3-5(10)7(12)8(13)6(4)11/h3,14H,1-2H3. The summed E-state index contributed by atoms with van der Waals surface area (Å²) in [6, 6.07) is 0.454. The van der Waals surface area contributed by atoms with Crippen LogP contribution in [0.25, 0.3) is 0 Å². The fourth-order valence-corrected chi connectivity index (χ4v) is 0.986. The number of nitrogens with one attached hydrogen (secondary N) is 1. The van der Waals surface area contributed by atoms with Crippen LogP contribution in [0, 0.1) is 28.7 Å². The molecule has 6 heteroatoms. The summed E-state index contributed by atoms with van der Waals surface area (Å²) >= 11 is 0. The predicted molar refractivity (Wildman–Crippen MR) is 46.8 cm³/mol. The number of rotatable bonds is 1. The minimum Gasteiger partial charge on any atom is -0.363 e. The van der Waals surface area contributed by atoms with Gasteiger partial charge in [0.25, 0.3) is 0 Å². The van der Waals surface area contributed by atoms with Crippen LogP contribution in [0.4, 0.5) is 17.6 Å². The van der Waals surface area contributed by atoms with Crippen molar-refractivity contribution in [3.8, 4) is 0 Å². The fourth-order valence-electron chi connectivity index (χ4n) is 0.986. The normalized spacial score (nSPS) is 10.3. The molecule has 0 amide bonds. The Bertz CT molecular complexity index is 415. The highest BCUT2D eigenvalue weighted by Gasteiger charge is 2.21. The van der Waals surface area contributed by atoms with Crippen LogP contribution >= 0.6 is 0 Å². The van der Waals surface area contributed by atoms with Gasteiger partial charge in [0.2, 0.25) is 0 Å². The van der Waals surface area contributed by atoms with Crippen LogP contribution in [0.2, 0.25) is 0 Å². The third kappa shape index (κ3) is 1.93. The van der Waals surface area contributed by atoms with Crippen LogP contribution in [0.15, 0.2) is 6.07 Å². The first kappa shape index (κ1) is 11.5. The van der Waals surface area contributed by atoms with Crippen molar-refractivity contribution in [1.82, 2.24) is 4.90 Å². The van der Waals surface area contributed by atoms with Gasteiger partial charge in [0.15, 0.2) is 23.3 Å². The fraction of sp³-hybridized carbons (Fsp3) is 0.222.